The van der Waals surface area contributed by atoms with Gasteiger partial charge in [-0.3, -0.25) is 5.10 Å². The maximum Gasteiger partial charge on any atom is 0.407 e. The SMILES string of the molecule is COC(=O)NCc1cc2c(Nc3cc(C)[nH]n3)nc(C(F)(F)c3ccc(F)cc3)nn2c1. The number of alkyl carbamates (subject to hydrolysis) is 1. The number of anilines is 2. The van der Waals surface area contributed by atoms with Gasteiger partial charge in [0.1, 0.15) is 11.3 Å². The molecule has 0 bridgehead atoms. The Labute approximate surface area is 179 Å². The number of aromatic amines is 1. The van der Waals surface area contributed by atoms with Gasteiger partial charge in [-0.15, -0.1) is 5.10 Å². The topological polar surface area (TPSA) is 109 Å². The molecule has 4 rings (SSSR count). The molecule has 3 aromatic heterocycles. The normalized spacial score (nSPS) is 11.5. The number of aryl methyl sites for hydroxylation is 1. The molecule has 32 heavy (non-hydrogen) atoms. The number of nitrogens with one attached hydrogen (secondary N) is 3. The Bertz CT molecular complexity index is 1270. The molecular formula is C20H18F3N7O2. The summed E-state index contributed by atoms with van der Waals surface area (Å²) in [5, 5.41) is 16.2. The van der Waals surface area contributed by atoms with Crippen LogP contribution in [-0.2, 0) is 17.2 Å². The van der Waals surface area contributed by atoms with Gasteiger partial charge in [0.05, 0.1) is 7.11 Å². The van der Waals surface area contributed by atoms with Gasteiger partial charge >= 0.3 is 12.0 Å². The molecule has 1 amide bonds. The summed E-state index contributed by atoms with van der Waals surface area (Å²) in [7, 11) is 1.23. The molecule has 9 nitrogen and oxygen atoms in total. The number of ether oxygens (including phenoxy) is 1. The lowest BCUT2D eigenvalue weighted by molar-refractivity contribution is 0.0315. The van der Waals surface area contributed by atoms with Crippen molar-refractivity contribution in [2.75, 3.05) is 12.4 Å². The Morgan fingerprint density at radius 1 is 1.25 bits per heavy atom. The van der Waals surface area contributed by atoms with E-state index in [0.29, 0.717) is 16.9 Å². The molecule has 0 spiro atoms. The van der Waals surface area contributed by atoms with Gasteiger partial charge in [0.25, 0.3) is 0 Å². The summed E-state index contributed by atoms with van der Waals surface area (Å²) >= 11 is 0. The monoisotopic (exact) mass is 445 g/mol. The predicted octanol–water partition coefficient (Wildman–Crippen LogP) is 3.64. The highest BCUT2D eigenvalue weighted by Crippen LogP contribution is 2.35. The van der Waals surface area contributed by atoms with Crippen molar-refractivity contribution in [3.63, 3.8) is 0 Å². The predicted molar refractivity (Wildman–Crippen MR) is 108 cm³/mol. The second-order valence-electron chi connectivity index (χ2n) is 6.95. The molecule has 0 saturated carbocycles. The zero-order chi connectivity index (χ0) is 22.9. The van der Waals surface area contributed by atoms with Gasteiger partial charge in [0, 0.05) is 30.1 Å². The van der Waals surface area contributed by atoms with Crippen molar-refractivity contribution in [1.29, 1.82) is 0 Å². The Balaban J connectivity index is 1.78. The minimum Gasteiger partial charge on any atom is -0.453 e. The van der Waals surface area contributed by atoms with Crippen molar-refractivity contribution in [2.45, 2.75) is 19.4 Å². The zero-order valence-corrected chi connectivity index (χ0v) is 17.0. The highest BCUT2D eigenvalue weighted by molar-refractivity contribution is 5.73. The van der Waals surface area contributed by atoms with Gasteiger partial charge in [-0.2, -0.15) is 13.9 Å². The van der Waals surface area contributed by atoms with Crippen molar-refractivity contribution in [2.24, 2.45) is 0 Å². The first-order chi connectivity index (χ1) is 15.3. The van der Waals surface area contributed by atoms with Crippen LogP contribution in [-0.4, -0.2) is 38.0 Å². The molecule has 0 radical (unpaired) electrons. The fourth-order valence-electron chi connectivity index (χ4n) is 3.01. The number of halogens is 3. The number of amides is 1. The number of carbonyl (C=O) groups excluding carboxylic acids is 1. The minimum absolute atomic E-state index is 0.0765. The van der Waals surface area contributed by atoms with Gasteiger partial charge < -0.3 is 15.4 Å². The van der Waals surface area contributed by atoms with Crippen LogP contribution in [0.2, 0.25) is 0 Å². The molecule has 0 unspecified atom stereocenters. The second-order valence-corrected chi connectivity index (χ2v) is 6.95. The van der Waals surface area contributed by atoms with Gasteiger partial charge in [0.15, 0.2) is 11.6 Å². The Morgan fingerprint density at radius 2 is 2.00 bits per heavy atom. The largest absolute Gasteiger partial charge is 0.453 e. The van der Waals surface area contributed by atoms with Crippen LogP contribution in [0.25, 0.3) is 5.52 Å². The quantitative estimate of drug-likeness (QED) is 0.418. The number of H-pyrrole nitrogens is 1. The summed E-state index contributed by atoms with van der Waals surface area (Å²) in [4.78, 5) is 15.4. The van der Waals surface area contributed by atoms with Gasteiger partial charge in [-0.25, -0.2) is 18.7 Å². The van der Waals surface area contributed by atoms with E-state index < -0.39 is 29.2 Å². The molecule has 166 valence electrons. The van der Waals surface area contributed by atoms with E-state index in [2.05, 4.69) is 35.7 Å². The average Bonchev–Trinajstić information content (AvgIpc) is 3.37. The molecule has 0 saturated heterocycles. The van der Waals surface area contributed by atoms with Crippen LogP contribution in [0.3, 0.4) is 0 Å². The van der Waals surface area contributed by atoms with Crippen LogP contribution in [0.15, 0.2) is 42.6 Å². The molecule has 3 N–H and O–H groups in total. The molecule has 3 heterocycles. The number of carbonyl (C=O) groups is 1. The minimum atomic E-state index is -3.60. The van der Waals surface area contributed by atoms with E-state index in [1.807, 2.05) is 0 Å². The summed E-state index contributed by atoms with van der Waals surface area (Å²) in [5.41, 5.74) is 1.26. The first kappa shape index (κ1) is 21.2. The fourth-order valence-corrected chi connectivity index (χ4v) is 3.01. The average molecular weight is 445 g/mol. The van der Waals surface area contributed by atoms with E-state index in [0.717, 1.165) is 30.0 Å². The van der Waals surface area contributed by atoms with E-state index in [1.165, 1.54) is 17.8 Å². The Kier molecular flexibility index (Phi) is 5.43. The van der Waals surface area contributed by atoms with Crippen molar-refractivity contribution >= 4 is 23.2 Å². The molecule has 12 heteroatoms. The van der Waals surface area contributed by atoms with Crippen molar-refractivity contribution in [3.05, 3.63) is 71.1 Å². The molecule has 0 atom stereocenters. The lowest BCUT2D eigenvalue weighted by atomic mass is 10.1. The lowest BCUT2D eigenvalue weighted by Gasteiger charge is -2.16. The lowest BCUT2D eigenvalue weighted by Crippen LogP contribution is -2.22. The van der Waals surface area contributed by atoms with Gasteiger partial charge in [-0.05, 0) is 42.8 Å². The number of methoxy groups -OCH3 is 1. The Morgan fingerprint density at radius 3 is 2.66 bits per heavy atom. The van der Waals surface area contributed by atoms with Crippen LogP contribution in [0.5, 0.6) is 0 Å². The fraction of sp³-hybridized carbons (Fsp3) is 0.200. The zero-order valence-electron chi connectivity index (χ0n) is 17.0. The third-order valence-corrected chi connectivity index (χ3v) is 4.58. The molecule has 1 aromatic carbocycles. The second kappa shape index (κ2) is 8.21. The van der Waals surface area contributed by atoms with E-state index in [-0.39, 0.29) is 12.4 Å². The number of aromatic nitrogens is 5. The van der Waals surface area contributed by atoms with E-state index in [1.54, 1.807) is 19.1 Å². The third kappa shape index (κ3) is 4.19. The number of hydrogen-bond donors (Lipinski definition) is 3. The standard InChI is InChI=1S/C20H18F3N7O2/c1-11-7-16(28-27-11)25-17-15-8-12(9-24-19(31)32-2)10-30(15)29-18(26-17)20(22,23)13-3-5-14(21)6-4-13/h3-8,10H,9H2,1-2H3,(H,24,31)(H2,25,26,27,28,29). The number of alkyl halides is 2. The van der Waals surface area contributed by atoms with Gasteiger partial charge in [0.2, 0.25) is 5.82 Å². The summed E-state index contributed by atoms with van der Waals surface area (Å²) < 4.78 is 49.4. The summed E-state index contributed by atoms with van der Waals surface area (Å²) in [5.74, 6) is -4.59. The van der Waals surface area contributed by atoms with E-state index in [4.69, 9.17) is 0 Å². The van der Waals surface area contributed by atoms with Crippen LogP contribution in [0.1, 0.15) is 22.6 Å². The van der Waals surface area contributed by atoms with Crippen molar-refractivity contribution in [3.8, 4) is 0 Å². The number of benzene rings is 1. The van der Waals surface area contributed by atoms with Crippen LogP contribution in [0, 0.1) is 12.7 Å². The number of fused-ring (bicyclic) bond motifs is 1. The molecule has 0 fully saturated rings. The summed E-state index contributed by atoms with van der Waals surface area (Å²) in [6, 6.07) is 7.17. The third-order valence-electron chi connectivity index (χ3n) is 4.58. The molecule has 4 aromatic rings. The number of nitrogens with zero attached hydrogens (tertiary/aromatic N) is 4. The Hall–Kier alpha value is -4.09. The molecule has 0 aliphatic heterocycles. The highest BCUT2D eigenvalue weighted by Gasteiger charge is 2.39. The molecule has 0 aliphatic rings. The van der Waals surface area contributed by atoms with Crippen LogP contribution >= 0.6 is 0 Å². The maximum atomic E-state index is 15.2. The summed E-state index contributed by atoms with van der Waals surface area (Å²) in [6.45, 7) is 1.87. The van der Waals surface area contributed by atoms with Crippen molar-refractivity contribution in [1.82, 2.24) is 30.1 Å². The van der Waals surface area contributed by atoms with Crippen molar-refractivity contribution < 1.29 is 22.7 Å². The first-order valence-corrected chi connectivity index (χ1v) is 9.41. The molecule has 0 aliphatic carbocycles. The number of hydrogen-bond acceptors (Lipinski definition) is 6. The first-order valence-electron chi connectivity index (χ1n) is 9.41. The van der Waals surface area contributed by atoms with Crippen LogP contribution in [0.4, 0.5) is 29.6 Å². The highest BCUT2D eigenvalue weighted by atomic mass is 19.3. The van der Waals surface area contributed by atoms with Gasteiger partial charge in [-0.1, -0.05) is 0 Å². The smallest absolute Gasteiger partial charge is 0.407 e. The summed E-state index contributed by atoms with van der Waals surface area (Å²) in [6.07, 6.45) is 0.846. The van der Waals surface area contributed by atoms with E-state index in [9.17, 15) is 9.18 Å². The molecular weight excluding hydrogens is 427 g/mol. The number of rotatable bonds is 6. The van der Waals surface area contributed by atoms with E-state index >= 15 is 8.78 Å². The van der Waals surface area contributed by atoms with Crippen LogP contribution < -0.4 is 10.6 Å². The maximum absolute atomic E-state index is 15.2.